The van der Waals surface area contributed by atoms with Gasteiger partial charge < -0.3 is 5.32 Å². The normalized spacial score (nSPS) is 17.8. The van der Waals surface area contributed by atoms with Gasteiger partial charge in [-0.2, -0.15) is 13.2 Å². The highest BCUT2D eigenvalue weighted by atomic mass is 35.5. The molecule has 1 amide bonds. The molecule has 0 atom stereocenters. The molecule has 134 valence electrons. The Kier molecular flexibility index (Phi) is 5.06. The van der Waals surface area contributed by atoms with Crippen LogP contribution in [0.3, 0.4) is 0 Å². The van der Waals surface area contributed by atoms with Crippen LogP contribution in [0.1, 0.15) is 11.1 Å². The molecule has 2 aromatic carbocycles. The minimum atomic E-state index is -4.54. The maximum absolute atomic E-state index is 13.7. The van der Waals surface area contributed by atoms with Crippen LogP contribution in [0.25, 0.3) is 6.08 Å². The summed E-state index contributed by atoms with van der Waals surface area (Å²) in [5.41, 5.74) is -0.822. The first kappa shape index (κ1) is 18.5. The SMILES string of the molecule is O=C1NC(=Nc2cc(C(F)(F)F)ccc2Cl)S/C1=C\c1ccccc1F. The number of rotatable bonds is 2. The van der Waals surface area contributed by atoms with E-state index < -0.39 is 23.5 Å². The van der Waals surface area contributed by atoms with E-state index in [-0.39, 0.29) is 26.3 Å². The van der Waals surface area contributed by atoms with Crippen molar-refractivity contribution in [2.24, 2.45) is 4.99 Å². The lowest BCUT2D eigenvalue weighted by Crippen LogP contribution is -2.19. The number of nitrogens with one attached hydrogen (secondary N) is 1. The molecule has 0 spiro atoms. The fraction of sp³-hybridized carbons (Fsp3) is 0.0588. The zero-order valence-electron chi connectivity index (χ0n) is 12.8. The molecule has 0 unspecified atom stereocenters. The largest absolute Gasteiger partial charge is 0.416 e. The summed E-state index contributed by atoms with van der Waals surface area (Å²) in [6, 6.07) is 8.60. The third-order valence-corrected chi connectivity index (χ3v) is 4.57. The van der Waals surface area contributed by atoms with Crippen LogP contribution in [0.4, 0.5) is 23.2 Å². The molecule has 0 radical (unpaired) electrons. The van der Waals surface area contributed by atoms with Crippen molar-refractivity contribution in [3.8, 4) is 0 Å². The van der Waals surface area contributed by atoms with Crippen LogP contribution >= 0.6 is 23.4 Å². The van der Waals surface area contributed by atoms with E-state index in [1.165, 1.54) is 24.3 Å². The van der Waals surface area contributed by atoms with Gasteiger partial charge in [0.2, 0.25) is 0 Å². The van der Waals surface area contributed by atoms with Gasteiger partial charge >= 0.3 is 6.18 Å². The molecule has 1 saturated heterocycles. The van der Waals surface area contributed by atoms with Gasteiger partial charge in [-0.05, 0) is 42.1 Å². The van der Waals surface area contributed by atoms with E-state index in [2.05, 4.69) is 10.3 Å². The highest BCUT2D eigenvalue weighted by Crippen LogP contribution is 2.36. The second-order valence-corrected chi connectivity index (χ2v) is 6.61. The summed E-state index contributed by atoms with van der Waals surface area (Å²) in [5.74, 6) is -1.03. The van der Waals surface area contributed by atoms with Gasteiger partial charge in [-0.25, -0.2) is 9.38 Å². The minimum Gasteiger partial charge on any atom is -0.300 e. The number of carbonyl (C=O) groups is 1. The molecule has 1 N–H and O–H groups in total. The van der Waals surface area contributed by atoms with E-state index in [0.29, 0.717) is 0 Å². The first-order valence-corrected chi connectivity index (χ1v) is 8.34. The van der Waals surface area contributed by atoms with E-state index >= 15 is 0 Å². The molecule has 0 aliphatic carbocycles. The summed E-state index contributed by atoms with van der Waals surface area (Å²) in [5, 5.41) is 2.48. The molecule has 0 bridgehead atoms. The molecule has 1 fully saturated rings. The van der Waals surface area contributed by atoms with Crippen LogP contribution in [0.2, 0.25) is 5.02 Å². The number of alkyl halides is 3. The molecule has 1 aliphatic heterocycles. The van der Waals surface area contributed by atoms with Crippen molar-refractivity contribution in [1.29, 1.82) is 0 Å². The third kappa shape index (κ3) is 4.08. The Hall–Kier alpha value is -2.32. The monoisotopic (exact) mass is 400 g/mol. The summed E-state index contributed by atoms with van der Waals surface area (Å²) in [4.78, 5) is 16.1. The smallest absolute Gasteiger partial charge is 0.300 e. The van der Waals surface area contributed by atoms with Gasteiger partial charge in [0.05, 0.1) is 21.2 Å². The van der Waals surface area contributed by atoms with Crippen LogP contribution < -0.4 is 5.32 Å². The number of carbonyl (C=O) groups excluding carboxylic acids is 1. The average molecular weight is 401 g/mol. The predicted octanol–water partition coefficient (Wildman–Crippen LogP) is 5.39. The molecule has 2 aromatic rings. The topological polar surface area (TPSA) is 41.5 Å². The summed E-state index contributed by atoms with van der Waals surface area (Å²) in [6.07, 6.45) is -3.20. The maximum Gasteiger partial charge on any atom is 0.416 e. The zero-order chi connectivity index (χ0) is 18.9. The number of benzene rings is 2. The highest BCUT2D eigenvalue weighted by molar-refractivity contribution is 8.18. The Bertz CT molecular complexity index is 941. The second-order valence-electron chi connectivity index (χ2n) is 5.17. The fourth-order valence-corrected chi connectivity index (χ4v) is 3.08. The van der Waals surface area contributed by atoms with Gasteiger partial charge in [0.25, 0.3) is 5.91 Å². The second kappa shape index (κ2) is 7.13. The van der Waals surface area contributed by atoms with E-state index in [0.717, 1.165) is 30.0 Å². The van der Waals surface area contributed by atoms with E-state index in [4.69, 9.17) is 11.6 Å². The van der Waals surface area contributed by atoms with E-state index in [1.54, 1.807) is 6.07 Å². The van der Waals surface area contributed by atoms with Crippen molar-refractivity contribution in [2.75, 3.05) is 0 Å². The quantitative estimate of drug-likeness (QED) is 0.542. The standard InChI is InChI=1S/C17H9ClF4N2OS/c18-11-6-5-10(17(20,21)22)8-13(11)23-16-24-15(25)14(26-16)7-9-3-1-2-4-12(9)19/h1-8H,(H,23,24,25)/b14-7-. The maximum atomic E-state index is 13.7. The number of hydrogen-bond acceptors (Lipinski definition) is 3. The Morgan fingerprint density at radius 2 is 1.88 bits per heavy atom. The Balaban J connectivity index is 1.91. The van der Waals surface area contributed by atoms with Gasteiger partial charge in [0.15, 0.2) is 5.17 Å². The first-order valence-electron chi connectivity index (χ1n) is 7.15. The molecule has 1 aliphatic rings. The number of aliphatic imine (C=N–C) groups is 1. The molecule has 3 nitrogen and oxygen atoms in total. The lowest BCUT2D eigenvalue weighted by atomic mass is 10.2. The van der Waals surface area contributed by atoms with Crippen LogP contribution in [0.5, 0.6) is 0 Å². The summed E-state index contributed by atoms with van der Waals surface area (Å²) >= 11 is 6.77. The van der Waals surface area contributed by atoms with Crippen LogP contribution in [0, 0.1) is 5.82 Å². The number of hydrogen-bond donors (Lipinski definition) is 1. The van der Waals surface area contributed by atoms with Crippen LogP contribution in [-0.4, -0.2) is 11.1 Å². The van der Waals surface area contributed by atoms with Crippen LogP contribution in [-0.2, 0) is 11.0 Å². The van der Waals surface area contributed by atoms with Crippen molar-refractivity contribution in [3.05, 3.63) is 69.3 Å². The van der Waals surface area contributed by atoms with Gasteiger partial charge in [0, 0.05) is 5.56 Å². The first-order chi connectivity index (χ1) is 12.2. The molecule has 0 saturated carbocycles. The van der Waals surface area contributed by atoms with E-state index in [1.807, 2.05) is 0 Å². The molecular weight excluding hydrogens is 392 g/mol. The van der Waals surface area contributed by atoms with Crippen molar-refractivity contribution < 1.29 is 22.4 Å². The molecule has 0 aromatic heterocycles. The van der Waals surface area contributed by atoms with Gasteiger partial charge in [-0.3, -0.25) is 4.79 Å². The zero-order valence-corrected chi connectivity index (χ0v) is 14.3. The Labute approximate surface area is 154 Å². The van der Waals surface area contributed by atoms with Gasteiger partial charge in [-0.1, -0.05) is 29.8 Å². The molecular formula is C17H9ClF4N2OS. The summed E-state index contributed by atoms with van der Waals surface area (Å²) < 4.78 is 52.1. The Morgan fingerprint density at radius 1 is 1.15 bits per heavy atom. The highest BCUT2D eigenvalue weighted by Gasteiger charge is 2.31. The van der Waals surface area contributed by atoms with Crippen molar-refractivity contribution in [3.63, 3.8) is 0 Å². The fourth-order valence-electron chi connectivity index (χ4n) is 2.10. The molecule has 1 heterocycles. The van der Waals surface area contributed by atoms with Crippen molar-refractivity contribution >= 4 is 46.2 Å². The van der Waals surface area contributed by atoms with E-state index in [9.17, 15) is 22.4 Å². The number of amides is 1. The molecule has 26 heavy (non-hydrogen) atoms. The number of amidine groups is 1. The number of halogens is 5. The van der Waals surface area contributed by atoms with Crippen LogP contribution in [0.15, 0.2) is 52.4 Å². The van der Waals surface area contributed by atoms with Gasteiger partial charge in [0.1, 0.15) is 5.82 Å². The number of nitrogens with zero attached hydrogens (tertiary/aromatic N) is 1. The predicted molar refractivity (Wildman–Crippen MR) is 93.7 cm³/mol. The summed E-state index contributed by atoms with van der Waals surface area (Å²) in [6.45, 7) is 0. The lowest BCUT2D eigenvalue weighted by Gasteiger charge is -2.08. The molecule has 3 rings (SSSR count). The molecule has 9 heteroatoms. The minimum absolute atomic E-state index is 0.00637. The van der Waals surface area contributed by atoms with Crippen molar-refractivity contribution in [2.45, 2.75) is 6.18 Å². The lowest BCUT2D eigenvalue weighted by molar-refractivity contribution is -0.137. The summed E-state index contributed by atoms with van der Waals surface area (Å²) in [7, 11) is 0. The average Bonchev–Trinajstić information content (AvgIpc) is 2.90. The Morgan fingerprint density at radius 3 is 2.58 bits per heavy atom. The van der Waals surface area contributed by atoms with Crippen molar-refractivity contribution in [1.82, 2.24) is 5.32 Å². The number of thioether (sulfide) groups is 1. The van der Waals surface area contributed by atoms with Gasteiger partial charge in [-0.15, -0.1) is 0 Å². The third-order valence-electron chi connectivity index (χ3n) is 3.34.